The van der Waals surface area contributed by atoms with E-state index in [0.29, 0.717) is 19.4 Å². The van der Waals surface area contributed by atoms with E-state index in [1.807, 2.05) is 31.2 Å². The molecule has 0 aromatic heterocycles. The lowest BCUT2D eigenvalue weighted by molar-refractivity contribution is -0.0875. The van der Waals surface area contributed by atoms with Gasteiger partial charge >= 0.3 is 0 Å². The van der Waals surface area contributed by atoms with Crippen LogP contribution in [0.15, 0.2) is 71.6 Å². The lowest BCUT2D eigenvalue weighted by Gasteiger charge is -2.33. The highest BCUT2D eigenvalue weighted by Gasteiger charge is 2.30. The Morgan fingerprint density at radius 3 is 2.68 bits per heavy atom. The summed E-state index contributed by atoms with van der Waals surface area (Å²) in [6.45, 7) is 3.71. The van der Waals surface area contributed by atoms with Crippen LogP contribution in [0.4, 0.5) is 5.69 Å². The third kappa shape index (κ3) is 7.67. The molecule has 0 amide bonds. The molecule has 1 aliphatic carbocycles. The van der Waals surface area contributed by atoms with Gasteiger partial charge in [-0.25, -0.2) is 0 Å². The predicted molar refractivity (Wildman–Crippen MR) is 153 cm³/mol. The van der Waals surface area contributed by atoms with Crippen LogP contribution in [0, 0.1) is 5.92 Å². The molecule has 1 saturated heterocycles. The summed E-state index contributed by atoms with van der Waals surface area (Å²) in [6, 6.07) is 22.9. The number of nitrogens with one attached hydrogen (secondary N) is 1. The standard InChI is InChI=1S/C31H36ClNO3S/c1-2-35-27-11-8-21(9-12-27)14-24-15-23(10-13-30(24)32)31-18-26(34)17-28(36-31)20-37-29-5-3-4-25(16-29)33-19-22-6-7-22/h3-5,8-13,15-16,22,26,28,31,33-34H,2,6-7,14,17-20H2,1H3. The summed E-state index contributed by atoms with van der Waals surface area (Å²) in [4.78, 5) is 1.23. The van der Waals surface area contributed by atoms with Gasteiger partial charge in [0.1, 0.15) is 5.75 Å². The van der Waals surface area contributed by atoms with Crippen molar-refractivity contribution in [3.8, 4) is 5.75 Å². The Morgan fingerprint density at radius 1 is 1.05 bits per heavy atom. The molecule has 3 aromatic rings. The number of anilines is 1. The van der Waals surface area contributed by atoms with Gasteiger partial charge in [0.15, 0.2) is 0 Å². The van der Waals surface area contributed by atoms with Gasteiger partial charge < -0.3 is 19.9 Å². The number of aliphatic hydroxyl groups is 1. The van der Waals surface area contributed by atoms with E-state index in [2.05, 4.69) is 47.8 Å². The number of halogens is 1. The van der Waals surface area contributed by atoms with Gasteiger partial charge in [0.25, 0.3) is 0 Å². The topological polar surface area (TPSA) is 50.7 Å². The summed E-state index contributed by atoms with van der Waals surface area (Å²) in [5.74, 6) is 2.53. The Morgan fingerprint density at radius 2 is 1.89 bits per heavy atom. The van der Waals surface area contributed by atoms with Gasteiger partial charge in [0.2, 0.25) is 0 Å². The lowest BCUT2D eigenvalue weighted by Crippen LogP contribution is -2.32. The van der Waals surface area contributed by atoms with Crippen LogP contribution >= 0.6 is 23.4 Å². The minimum absolute atomic E-state index is 0.00735. The molecule has 5 rings (SSSR count). The summed E-state index contributed by atoms with van der Waals surface area (Å²) in [5, 5.41) is 15.0. The first-order chi connectivity index (χ1) is 18.1. The smallest absolute Gasteiger partial charge is 0.119 e. The van der Waals surface area contributed by atoms with E-state index in [4.69, 9.17) is 21.1 Å². The van der Waals surface area contributed by atoms with Crippen molar-refractivity contribution in [3.63, 3.8) is 0 Å². The van der Waals surface area contributed by atoms with E-state index in [0.717, 1.165) is 46.5 Å². The minimum atomic E-state index is -0.374. The van der Waals surface area contributed by atoms with Gasteiger partial charge in [-0.05, 0) is 85.2 Å². The van der Waals surface area contributed by atoms with Crippen LogP contribution in [0.1, 0.15) is 55.4 Å². The summed E-state index contributed by atoms with van der Waals surface area (Å²) < 4.78 is 12.1. The third-order valence-corrected chi connectivity index (χ3v) is 8.50. The van der Waals surface area contributed by atoms with Crippen LogP contribution in [0.3, 0.4) is 0 Å². The highest BCUT2D eigenvalue weighted by molar-refractivity contribution is 7.99. The second-order valence-corrected chi connectivity index (χ2v) is 11.6. The molecule has 0 spiro atoms. The first kappa shape index (κ1) is 26.4. The zero-order chi connectivity index (χ0) is 25.6. The number of thioether (sulfide) groups is 1. The average Bonchev–Trinajstić information content (AvgIpc) is 3.74. The van der Waals surface area contributed by atoms with Crippen LogP contribution < -0.4 is 10.1 Å². The van der Waals surface area contributed by atoms with E-state index < -0.39 is 0 Å². The van der Waals surface area contributed by atoms with Crippen molar-refractivity contribution in [2.45, 2.75) is 62.2 Å². The minimum Gasteiger partial charge on any atom is -0.494 e. The molecule has 196 valence electrons. The van der Waals surface area contributed by atoms with E-state index in [-0.39, 0.29) is 18.3 Å². The molecular weight excluding hydrogens is 502 g/mol. The van der Waals surface area contributed by atoms with Crippen molar-refractivity contribution in [2.75, 3.05) is 24.2 Å². The molecule has 1 aliphatic heterocycles. The molecule has 3 unspecified atom stereocenters. The lowest BCUT2D eigenvalue weighted by atomic mass is 9.94. The van der Waals surface area contributed by atoms with Crippen molar-refractivity contribution < 1.29 is 14.6 Å². The first-order valence-corrected chi connectivity index (χ1v) is 14.7. The summed E-state index contributed by atoms with van der Waals surface area (Å²) in [5.41, 5.74) is 4.50. The maximum absolute atomic E-state index is 10.7. The molecule has 1 heterocycles. The maximum Gasteiger partial charge on any atom is 0.119 e. The molecule has 1 saturated carbocycles. The normalized spacial score (nSPS) is 21.5. The number of rotatable bonds is 11. The van der Waals surface area contributed by atoms with E-state index >= 15 is 0 Å². The molecule has 3 atom stereocenters. The molecule has 2 fully saturated rings. The first-order valence-electron chi connectivity index (χ1n) is 13.4. The summed E-state index contributed by atoms with van der Waals surface area (Å²) in [6.07, 6.45) is 4.17. The molecule has 37 heavy (non-hydrogen) atoms. The number of benzene rings is 3. The van der Waals surface area contributed by atoms with Gasteiger partial charge in [-0.1, -0.05) is 41.9 Å². The van der Waals surface area contributed by atoms with Crippen molar-refractivity contribution in [2.24, 2.45) is 5.92 Å². The van der Waals surface area contributed by atoms with Gasteiger partial charge in [-0.2, -0.15) is 0 Å². The fourth-order valence-corrected chi connectivity index (χ4v) is 5.96. The Hall–Kier alpha value is -2.18. The van der Waals surface area contributed by atoms with Gasteiger partial charge in [0, 0.05) is 40.7 Å². The molecular formula is C31H36ClNO3S. The highest BCUT2D eigenvalue weighted by Crippen LogP contribution is 2.36. The Bertz CT molecular complexity index is 1170. The van der Waals surface area contributed by atoms with E-state index in [1.54, 1.807) is 11.8 Å². The SMILES string of the molecule is CCOc1ccc(Cc2cc(C3CC(O)CC(CSc4cccc(NCC5CC5)c4)O3)ccc2Cl)cc1. The Kier molecular flexibility index (Phi) is 8.98. The quantitative estimate of drug-likeness (QED) is 0.248. The van der Waals surface area contributed by atoms with Gasteiger partial charge in [-0.15, -0.1) is 11.8 Å². The van der Waals surface area contributed by atoms with Crippen LogP contribution in [0.5, 0.6) is 5.75 Å². The fourth-order valence-electron chi connectivity index (χ4n) is 4.80. The number of hydrogen-bond acceptors (Lipinski definition) is 5. The predicted octanol–water partition coefficient (Wildman–Crippen LogP) is 7.52. The molecule has 3 aromatic carbocycles. The average molecular weight is 538 g/mol. The molecule has 4 nitrogen and oxygen atoms in total. The molecule has 0 bridgehead atoms. The molecule has 0 radical (unpaired) electrons. The monoisotopic (exact) mass is 537 g/mol. The van der Waals surface area contributed by atoms with Gasteiger partial charge in [-0.3, -0.25) is 0 Å². The largest absolute Gasteiger partial charge is 0.494 e. The second kappa shape index (κ2) is 12.6. The van der Waals surface area contributed by atoms with Crippen LogP contribution in [-0.2, 0) is 11.2 Å². The summed E-state index contributed by atoms with van der Waals surface area (Å²) >= 11 is 8.37. The van der Waals surface area contributed by atoms with Crippen molar-refractivity contribution in [1.82, 2.24) is 0 Å². The Labute approximate surface area is 229 Å². The zero-order valence-corrected chi connectivity index (χ0v) is 22.9. The van der Waals surface area contributed by atoms with Crippen molar-refractivity contribution in [3.05, 3.63) is 88.4 Å². The molecule has 2 aliphatic rings. The number of hydrogen-bond donors (Lipinski definition) is 2. The maximum atomic E-state index is 10.7. The third-order valence-electron chi connectivity index (χ3n) is 7.01. The molecule has 6 heteroatoms. The zero-order valence-electron chi connectivity index (χ0n) is 21.4. The second-order valence-electron chi connectivity index (χ2n) is 10.1. The highest BCUT2D eigenvalue weighted by atomic mass is 35.5. The fraction of sp³-hybridized carbons (Fsp3) is 0.419. The summed E-state index contributed by atoms with van der Waals surface area (Å²) in [7, 11) is 0. The van der Waals surface area contributed by atoms with Crippen molar-refractivity contribution in [1.29, 1.82) is 0 Å². The number of aliphatic hydroxyl groups excluding tert-OH is 1. The van der Waals surface area contributed by atoms with E-state index in [9.17, 15) is 5.11 Å². The van der Waals surface area contributed by atoms with Crippen molar-refractivity contribution >= 4 is 29.1 Å². The van der Waals surface area contributed by atoms with Crippen LogP contribution in [0.25, 0.3) is 0 Å². The van der Waals surface area contributed by atoms with Crippen LogP contribution in [-0.4, -0.2) is 36.2 Å². The number of ether oxygens (including phenoxy) is 2. The Balaban J connectivity index is 1.20. The van der Waals surface area contributed by atoms with E-state index in [1.165, 1.54) is 29.0 Å². The molecule has 2 N–H and O–H groups in total. The van der Waals surface area contributed by atoms with Gasteiger partial charge in [0.05, 0.1) is 24.9 Å². The van der Waals surface area contributed by atoms with Crippen LogP contribution in [0.2, 0.25) is 5.02 Å².